The van der Waals surface area contributed by atoms with Gasteiger partial charge in [0.15, 0.2) is 0 Å². The standard InChI is InChI=1S/C11H16N4O3/c1-18-3-2-15-7-8(4-10(15)16)11(17)14-9-5-12-13-6-9/h5-6,8H,2-4,7H2,1H3,(H,12,13)(H,14,17). The first kappa shape index (κ1) is 12.6. The van der Waals surface area contributed by atoms with E-state index in [4.69, 9.17) is 4.74 Å². The fraction of sp³-hybridized carbons (Fsp3) is 0.545. The van der Waals surface area contributed by atoms with Crippen molar-refractivity contribution < 1.29 is 14.3 Å². The number of ether oxygens (including phenoxy) is 1. The lowest BCUT2D eigenvalue weighted by Crippen LogP contribution is -2.30. The number of aromatic amines is 1. The number of carbonyl (C=O) groups excluding carboxylic acids is 2. The van der Waals surface area contributed by atoms with E-state index in [9.17, 15) is 9.59 Å². The Morgan fingerprint density at radius 1 is 1.72 bits per heavy atom. The number of nitrogens with one attached hydrogen (secondary N) is 2. The fourth-order valence-corrected chi connectivity index (χ4v) is 1.93. The van der Waals surface area contributed by atoms with Crippen molar-refractivity contribution in [2.24, 2.45) is 5.92 Å². The van der Waals surface area contributed by atoms with Crippen molar-refractivity contribution in [3.8, 4) is 0 Å². The number of rotatable bonds is 5. The van der Waals surface area contributed by atoms with Gasteiger partial charge in [-0.3, -0.25) is 14.7 Å². The van der Waals surface area contributed by atoms with Gasteiger partial charge in [0, 0.05) is 32.8 Å². The van der Waals surface area contributed by atoms with Crippen molar-refractivity contribution in [3.63, 3.8) is 0 Å². The van der Waals surface area contributed by atoms with Crippen molar-refractivity contribution in [2.75, 3.05) is 32.1 Å². The molecule has 1 aliphatic heterocycles. The number of H-pyrrole nitrogens is 1. The van der Waals surface area contributed by atoms with E-state index in [0.717, 1.165) is 0 Å². The number of aromatic nitrogens is 2. The molecule has 1 atom stereocenters. The van der Waals surface area contributed by atoms with Gasteiger partial charge in [0.1, 0.15) is 0 Å². The lowest BCUT2D eigenvalue weighted by Gasteiger charge is -2.15. The van der Waals surface area contributed by atoms with E-state index in [1.165, 1.54) is 6.20 Å². The lowest BCUT2D eigenvalue weighted by molar-refractivity contribution is -0.128. The molecule has 1 aromatic rings. The van der Waals surface area contributed by atoms with Crippen LogP contribution in [0.25, 0.3) is 0 Å². The summed E-state index contributed by atoms with van der Waals surface area (Å²) in [5.41, 5.74) is 0.614. The molecule has 0 aliphatic carbocycles. The van der Waals surface area contributed by atoms with Crippen molar-refractivity contribution in [1.29, 1.82) is 0 Å². The van der Waals surface area contributed by atoms with Crippen molar-refractivity contribution in [2.45, 2.75) is 6.42 Å². The second-order valence-corrected chi connectivity index (χ2v) is 4.21. The second-order valence-electron chi connectivity index (χ2n) is 4.21. The molecule has 1 unspecified atom stereocenters. The molecule has 0 spiro atoms. The van der Waals surface area contributed by atoms with Gasteiger partial charge in [-0.15, -0.1) is 0 Å². The predicted octanol–water partition coefficient (Wildman–Crippen LogP) is -0.157. The van der Waals surface area contributed by atoms with E-state index in [0.29, 0.717) is 25.4 Å². The summed E-state index contributed by atoms with van der Waals surface area (Å²) in [5.74, 6) is -0.451. The minimum atomic E-state index is -0.302. The van der Waals surface area contributed by atoms with Crippen molar-refractivity contribution in [3.05, 3.63) is 12.4 Å². The zero-order valence-corrected chi connectivity index (χ0v) is 10.2. The van der Waals surface area contributed by atoms with E-state index in [-0.39, 0.29) is 24.2 Å². The topological polar surface area (TPSA) is 87.3 Å². The third-order valence-corrected chi connectivity index (χ3v) is 2.92. The van der Waals surface area contributed by atoms with Gasteiger partial charge in [-0.05, 0) is 0 Å². The summed E-state index contributed by atoms with van der Waals surface area (Å²) in [6.45, 7) is 1.47. The van der Waals surface area contributed by atoms with Gasteiger partial charge in [0.25, 0.3) is 0 Å². The van der Waals surface area contributed by atoms with Gasteiger partial charge in [0.05, 0.1) is 24.4 Å². The molecule has 0 saturated carbocycles. The van der Waals surface area contributed by atoms with Crippen LogP contribution in [-0.2, 0) is 14.3 Å². The Bertz CT molecular complexity index is 418. The maximum absolute atomic E-state index is 11.9. The quantitative estimate of drug-likeness (QED) is 0.762. The Morgan fingerprint density at radius 2 is 2.56 bits per heavy atom. The molecule has 0 aromatic carbocycles. The Balaban J connectivity index is 1.87. The molecule has 0 radical (unpaired) electrons. The van der Waals surface area contributed by atoms with Crippen LogP contribution in [0.15, 0.2) is 12.4 Å². The molecule has 1 saturated heterocycles. The predicted molar refractivity (Wildman–Crippen MR) is 63.8 cm³/mol. The molecular weight excluding hydrogens is 236 g/mol. The molecule has 2 N–H and O–H groups in total. The molecule has 18 heavy (non-hydrogen) atoms. The van der Waals surface area contributed by atoms with Crippen LogP contribution >= 0.6 is 0 Å². The lowest BCUT2D eigenvalue weighted by atomic mass is 10.1. The Kier molecular flexibility index (Phi) is 3.93. The van der Waals surface area contributed by atoms with Crippen molar-refractivity contribution in [1.82, 2.24) is 15.1 Å². The van der Waals surface area contributed by atoms with Crippen LogP contribution in [0.4, 0.5) is 5.69 Å². The largest absolute Gasteiger partial charge is 0.383 e. The first-order valence-corrected chi connectivity index (χ1v) is 5.77. The maximum Gasteiger partial charge on any atom is 0.229 e. The summed E-state index contributed by atoms with van der Waals surface area (Å²) >= 11 is 0. The molecule has 1 fully saturated rings. The van der Waals surface area contributed by atoms with Crippen molar-refractivity contribution >= 4 is 17.5 Å². The van der Waals surface area contributed by atoms with E-state index >= 15 is 0 Å². The summed E-state index contributed by atoms with van der Waals surface area (Å²) in [5, 5.41) is 9.07. The first-order chi connectivity index (χ1) is 8.70. The smallest absolute Gasteiger partial charge is 0.229 e. The number of hydrogen-bond acceptors (Lipinski definition) is 4. The zero-order chi connectivity index (χ0) is 13.0. The minimum absolute atomic E-state index is 0.000561. The molecule has 7 heteroatoms. The SMILES string of the molecule is COCCN1CC(C(=O)Nc2cn[nH]c2)CC1=O. The Hall–Kier alpha value is -1.89. The van der Waals surface area contributed by atoms with E-state index in [2.05, 4.69) is 15.5 Å². The highest BCUT2D eigenvalue weighted by Crippen LogP contribution is 2.19. The van der Waals surface area contributed by atoms with Crippen LogP contribution in [0.1, 0.15) is 6.42 Å². The summed E-state index contributed by atoms with van der Waals surface area (Å²) in [6.07, 6.45) is 3.38. The fourth-order valence-electron chi connectivity index (χ4n) is 1.93. The molecule has 98 valence electrons. The highest BCUT2D eigenvalue weighted by atomic mass is 16.5. The third kappa shape index (κ3) is 2.86. The van der Waals surface area contributed by atoms with E-state index < -0.39 is 0 Å². The van der Waals surface area contributed by atoms with Crippen LogP contribution in [0.2, 0.25) is 0 Å². The number of carbonyl (C=O) groups is 2. The van der Waals surface area contributed by atoms with Crippen LogP contribution in [0.5, 0.6) is 0 Å². The minimum Gasteiger partial charge on any atom is -0.383 e. The van der Waals surface area contributed by atoms with E-state index in [1.54, 1.807) is 18.2 Å². The number of hydrogen-bond donors (Lipinski definition) is 2. The summed E-state index contributed by atoms with van der Waals surface area (Å²) in [7, 11) is 1.59. The van der Waals surface area contributed by atoms with Gasteiger partial charge < -0.3 is 15.0 Å². The van der Waals surface area contributed by atoms with Gasteiger partial charge in [-0.1, -0.05) is 0 Å². The van der Waals surface area contributed by atoms with Gasteiger partial charge in [-0.2, -0.15) is 5.10 Å². The van der Waals surface area contributed by atoms with Gasteiger partial charge in [-0.25, -0.2) is 0 Å². The summed E-state index contributed by atoms with van der Waals surface area (Å²) < 4.78 is 4.93. The summed E-state index contributed by atoms with van der Waals surface area (Å²) in [6, 6.07) is 0. The first-order valence-electron chi connectivity index (χ1n) is 5.77. The molecule has 2 heterocycles. The van der Waals surface area contributed by atoms with Crippen LogP contribution in [0, 0.1) is 5.92 Å². The number of amides is 2. The average molecular weight is 252 g/mol. The zero-order valence-electron chi connectivity index (χ0n) is 10.2. The van der Waals surface area contributed by atoms with Gasteiger partial charge >= 0.3 is 0 Å². The molecule has 0 bridgehead atoms. The number of nitrogens with zero attached hydrogens (tertiary/aromatic N) is 2. The molecular formula is C11H16N4O3. The molecule has 2 amide bonds. The number of likely N-dealkylation sites (tertiary alicyclic amines) is 1. The highest BCUT2D eigenvalue weighted by molar-refractivity contribution is 5.97. The normalized spacial score (nSPS) is 19.3. The van der Waals surface area contributed by atoms with Crippen LogP contribution < -0.4 is 5.32 Å². The third-order valence-electron chi connectivity index (χ3n) is 2.92. The Labute approximate surface area is 104 Å². The maximum atomic E-state index is 11.9. The number of anilines is 1. The molecule has 2 rings (SSSR count). The van der Waals surface area contributed by atoms with E-state index in [1.807, 2.05) is 0 Å². The van der Waals surface area contributed by atoms with Crippen LogP contribution in [0.3, 0.4) is 0 Å². The second kappa shape index (κ2) is 5.63. The number of methoxy groups -OCH3 is 1. The molecule has 7 nitrogen and oxygen atoms in total. The molecule has 1 aliphatic rings. The molecule has 1 aromatic heterocycles. The monoisotopic (exact) mass is 252 g/mol. The van der Waals surface area contributed by atoms with Crippen LogP contribution in [-0.4, -0.2) is 53.7 Å². The average Bonchev–Trinajstić information content (AvgIpc) is 2.96. The highest BCUT2D eigenvalue weighted by Gasteiger charge is 2.33. The Morgan fingerprint density at radius 3 is 3.22 bits per heavy atom. The van der Waals surface area contributed by atoms with Gasteiger partial charge in [0.2, 0.25) is 11.8 Å². The summed E-state index contributed by atoms with van der Waals surface area (Å²) in [4.78, 5) is 25.2.